The summed E-state index contributed by atoms with van der Waals surface area (Å²) in [6.07, 6.45) is 2.93. The minimum absolute atomic E-state index is 0.219. The number of benzene rings is 2. The maximum Gasteiger partial charge on any atom is 0.250 e. The van der Waals surface area contributed by atoms with Crippen molar-refractivity contribution < 1.29 is 9.21 Å². The summed E-state index contributed by atoms with van der Waals surface area (Å²) in [7, 11) is 0. The van der Waals surface area contributed by atoms with Crippen LogP contribution in [0.5, 0.6) is 0 Å². The van der Waals surface area contributed by atoms with E-state index >= 15 is 0 Å². The molecule has 1 saturated heterocycles. The summed E-state index contributed by atoms with van der Waals surface area (Å²) in [5.41, 5.74) is 2.72. The highest BCUT2D eigenvalue weighted by Crippen LogP contribution is 2.31. The Morgan fingerprint density at radius 2 is 1.80 bits per heavy atom. The van der Waals surface area contributed by atoms with Crippen molar-refractivity contribution in [1.82, 2.24) is 10.2 Å². The summed E-state index contributed by atoms with van der Waals surface area (Å²) < 4.78 is 5.77. The van der Waals surface area contributed by atoms with Gasteiger partial charge in [-0.1, -0.05) is 30.1 Å². The van der Waals surface area contributed by atoms with Crippen molar-refractivity contribution in [1.29, 1.82) is 0 Å². The number of thiocarbonyl (C=S) groups is 1. The van der Waals surface area contributed by atoms with Crippen LogP contribution in [-0.4, -0.2) is 48.6 Å². The molecule has 4 rings (SSSR count). The van der Waals surface area contributed by atoms with E-state index in [4.69, 9.17) is 39.8 Å². The number of carbonyl (C=O) groups excluding carboxylic acids is 1. The molecule has 2 heterocycles. The third-order valence-corrected chi connectivity index (χ3v) is 6.52. The molecule has 35 heavy (non-hydrogen) atoms. The number of anilines is 2. The molecule has 0 atom stereocenters. The fourth-order valence-electron chi connectivity index (χ4n) is 3.83. The maximum atomic E-state index is 12.3. The lowest BCUT2D eigenvalue weighted by atomic mass is 10.2. The Labute approximate surface area is 220 Å². The second kappa shape index (κ2) is 11.7. The molecule has 2 aromatic carbocycles. The Morgan fingerprint density at radius 3 is 2.49 bits per heavy atom. The van der Waals surface area contributed by atoms with Crippen LogP contribution in [0.25, 0.3) is 17.4 Å². The minimum atomic E-state index is -0.365. The average molecular weight is 529 g/mol. The Balaban J connectivity index is 1.27. The largest absolute Gasteiger partial charge is 0.457 e. The molecular formula is C26H26Cl2N4O2S. The van der Waals surface area contributed by atoms with Crippen LogP contribution in [0.1, 0.15) is 12.7 Å². The van der Waals surface area contributed by atoms with E-state index in [1.165, 1.54) is 11.8 Å². The van der Waals surface area contributed by atoms with Crippen molar-refractivity contribution in [2.24, 2.45) is 0 Å². The zero-order valence-corrected chi connectivity index (χ0v) is 21.6. The van der Waals surface area contributed by atoms with E-state index in [1.54, 1.807) is 36.4 Å². The van der Waals surface area contributed by atoms with Gasteiger partial charge in [-0.05, 0) is 79.4 Å². The summed E-state index contributed by atoms with van der Waals surface area (Å²) in [4.78, 5) is 17.1. The third kappa shape index (κ3) is 6.86. The highest BCUT2D eigenvalue weighted by Gasteiger charge is 2.15. The van der Waals surface area contributed by atoms with Gasteiger partial charge in [0.2, 0.25) is 5.91 Å². The maximum absolute atomic E-state index is 12.3. The number of amides is 1. The van der Waals surface area contributed by atoms with Gasteiger partial charge in [0.1, 0.15) is 11.5 Å². The minimum Gasteiger partial charge on any atom is -0.457 e. The molecule has 0 aliphatic carbocycles. The Kier molecular flexibility index (Phi) is 8.46. The van der Waals surface area contributed by atoms with E-state index in [2.05, 4.69) is 39.5 Å². The van der Waals surface area contributed by atoms with Crippen LogP contribution >= 0.6 is 35.4 Å². The van der Waals surface area contributed by atoms with Crippen LogP contribution in [0.2, 0.25) is 10.0 Å². The number of hydrogen-bond donors (Lipinski definition) is 2. The lowest BCUT2D eigenvalue weighted by molar-refractivity contribution is -0.115. The molecule has 182 valence electrons. The van der Waals surface area contributed by atoms with E-state index in [0.717, 1.165) is 44.0 Å². The fraction of sp³-hybridized carbons (Fsp3) is 0.231. The lowest BCUT2D eigenvalue weighted by Gasteiger charge is -2.35. The van der Waals surface area contributed by atoms with Crippen molar-refractivity contribution in [3.8, 4) is 11.3 Å². The van der Waals surface area contributed by atoms with Gasteiger partial charge in [0.15, 0.2) is 5.11 Å². The van der Waals surface area contributed by atoms with Crippen LogP contribution in [0, 0.1) is 0 Å². The Hall–Kier alpha value is -2.84. The van der Waals surface area contributed by atoms with Gasteiger partial charge in [-0.3, -0.25) is 10.1 Å². The normalized spacial score (nSPS) is 14.3. The molecule has 0 unspecified atom stereocenters. The molecule has 0 bridgehead atoms. The van der Waals surface area contributed by atoms with E-state index in [-0.39, 0.29) is 11.0 Å². The predicted octanol–water partition coefficient (Wildman–Crippen LogP) is 5.92. The molecule has 1 fully saturated rings. The molecule has 3 aromatic rings. The Bertz CT molecular complexity index is 1220. The molecule has 1 amide bonds. The van der Waals surface area contributed by atoms with E-state index < -0.39 is 0 Å². The number of carbonyl (C=O) groups is 1. The molecule has 2 N–H and O–H groups in total. The monoisotopic (exact) mass is 528 g/mol. The van der Waals surface area contributed by atoms with Gasteiger partial charge in [-0.15, -0.1) is 0 Å². The van der Waals surface area contributed by atoms with Gasteiger partial charge >= 0.3 is 0 Å². The second-order valence-electron chi connectivity index (χ2n) is 8.07. The highest BCUT2D eigenvalue weighted by molar-refractivity contribution is 7.80. The van der Waals surface area contributed by atoms with Crippen LogP contribution in [0.3, 0.4) is 0 Å². The standard InChI is InChI=1S/C26H26Cl2N4O2S/c1-2-31-13-15-32(16-14-31)20-6-4-19(5-7-20)29-26(35)30-25(33)12-9-21-8-11-24(34-21)22-10-3-18(27)17-23(22)28/h3-12,17H,2,13-16H2,1H3,(H2,29,30,33,35)/b12-9+. The third-order valence-electron chi connectivity index (χ3n) is 5.77. The smallest absolute Gasteiger partial charge is 0.250 e. The average Bonchev–Trinajstić information content (AvgIpc) is 3.32. The number of hydrogen-bond acceptors (Lipinski definition) is 5. The second-order valence-corrected chi connectivity index (χ2v) is 9.32. The number of nitrogens with zero attached hydrogens (tertiary/aromatic N) is 2. The van der Waals surface area contributed by atoms with Gasteiger partial charge in [-0.25, -0.2) is 0 Å². The molecule has 0 radical (unpaired) electrons. The van der Waals surface area contributed by atoms with Crippen molar-refractivity contribution in [2.75, 3.05) is 42.9 Å². The van der Waals surface area contributed by atoms with Gasteiger partial charge in [0.05, 0.1) is 5.02 Å². The summed E-state index contributed by atoms with van der Waals surface area (Å²) >= 11 is 17.5. The SMILES string of the molecule is CCN1CCN(c2ccc(NC(=S)NC(=O)/C=C/c3ccc(-c4ccc(Cl)cc4Cl)o3)cc2)CC1. The van der Waals surface area contributed by atoms with Crippen molar-refractivity contribution in [2.45, 2.75) is 6.92 Å². The highest BCUT2D eigenvalue weighted by atomic mass is 35.5. The summed E-state index contributed by atoms with van der Waals surface area (Å²) in [6.45, 7) is 7.48. The topological polar surface area (TPSA) is 60.8 Å². The number of piperazine rings is 1. The summed E-state index contributed by atoms with van der Waals surface area (Å²) in [6, 6.07) is 16.8. The first-order valence-electron chi connectivity index (χ1n) is 11.3. The number of halogens is 2. The molecular weight excluding hydrogens is 503 g/mol. The van der Waals surface area contributed by atoms with Crippen molar-refractivity contribution in [3.63, 3.8) is 0 Å². The molecule has 6 nitrogen and oxygen atoms in total. The zero-order chi connectivity index (χ0) is 24.8. The zero-order valence-electron chi connectivity index (χ0n) is 19.3. The molecule has 1 aliphatic rings. The van der Waals surface area contributed by atoms with Gasteiger partial charge in [0.25, 0.3) is 0 Å². The van der Waals surface area contributed by atoms with Crippen LogP contribution in [0.15, 0.2) is 65.1 Å². The summed E-state index contributed by atoms with van der Waals surface area (Å²) in [5.74, 6) is 0.727. The van der Waals surface area contributed by atoms with E-state index in [1.807, 2.05) is 12.1 Å². The number of rotatable bonds is 6. The van der Waals surface area contributed by atoms with Gasteiger partial charge in [0, 0.05) is 54.2 Å². The van der Waals surface area contributed by atoms with Crippen molar-refractivity contribution in [3.05, 3.63) is 76.5 Å². The van der Waals surface area contributed by atoms with Gasteiger partial charge < -0.3 is 19.5 Å². The number of furan rings is 1. The first-order chi connectivity index (χ1) is 16.9. The first kappa shape index (κ1) is 25.3. The lowest BCUT2D eigenvalue weighted by Crippen LogP contribution is -2.46. The van der Waals surface area contributed by atoms with Crippen LogP contribution < -0.4 is 15.5 Å². The molecule has 0 saturated carbocycles. The molecule has 9 heteroatoms. The number of nitrogens with one attached hydrogen (secondary N) is 2. The van der Waals surface area contributed by atoms with Gasteiger partial charge in [-0.2, -0.15) is 0 Å². The fourth-order valence-corrected chi connectivity index (χ4v) is 4.55. The molecule has 1 aliphatic heterocycles. The Morgan fingerprint density at radius 1 is 1.06 bits per heavy atom. The number of likely N-dealkylation sites (N-methyl/N-ethyl adjacent to an activating group) is 1. The predicted molar refractivity (Wildman–Crippen MR) is 148 cm³/mol. The molecule has 0 spiro atoms. The van der Waals surface area contributed by atoms with Crippen LogP contribution in [-0.2, 0) is 4.79 Å². The van der Waals surface area contributed by atoms with E-state index in [0.29, 0.717) is 21.6 Å². The molecule has 1 aromatic heterocycles. The van der Waals surface area contributed by atoms with Crippen molar-refractivity contribution >= 4 is 63.9 Å². The van der Waals surface area contributed by atoms with E-state index in [9.17, 15) is 4.79 Å². The summed E-state index contributed by atoms with van der Waals surface area (Å²) in [5, 5.41) is 6.94. The first-order valence-corrected chi connectivity index (χ1v) is 12.5. The quantitative estimate of drug-likeness (QED) is 0.305. The van der Waals surface area contributed by atoms with Crippen LogP contribution in [0.4, 0.5) is 11.4 Å².